The summed E-state index contributed by atoms with van der Waals surface area (Å²) in [5, 5.41) is 8.28. The first-order valence-corrected chi connectivity index (χ1v) is 22.2. The third-order valence-corrected chi connectivity index (χ3v) is 9.01. The van der Waals surface area contributed by atoms with Gasteiger partial charge in [0.1, 0.15) is 0 Å². The highest BCUT2D eigenvalue weighted by atomic mass is 19.3. The van der Waals surface area contributed by atoms with Gasteiger partial charge in [-0.2, -0.15) is 35.1 Å². The number of carbonyl (C=O) groups is 8. The van der Waals surface area contributed by atoms with Gasteiger partial charge in [-0.15, -0.1) is 8.78 Å². The number of rotatable bonds is 33. The zero-order valence-electron chi connectivity index (χ0n) is 41.0. The average Bonchev–Trinajstić information content (AvgIpc) is 3.33. The van der Waals surface area contributed by atoms with Crippen LogP contribution in [0.1, 0.15) is 62.5 Å². The fraction of sp³-hybridized carbons (Fsp3) is 0.467. The van der Waals surface area contributed by atoms with Crippen molar-refractivity contribution in [2.24, 2.45) is 0 Å². The fourth-order valence-corrected chi connectivity index (χ4v) is 5.27. The molecule has 0 atom stereocenters. The van der Waals surface area contributed by atoms with Crippen LogP contribution in [0.5, 0.6) is 0 Å². The van der Waals surface area contributed by atoms with E-state index in [2.05, 4.69) is 66.4 Å². The van der Waals surface area contributed by atoms with Crippen LogP contribution in [-0.4, -0.2) is 119 Å². The molecule has 2 rings (SSSR count). The van der Waals surface area contributed by atoms with Gasteiger partial charge in [-0.25, -0.2) is 43.0 Å². The van der Waals surface area contributed by atoms with Crippen molar-refractivity contribution in [3.63, 3.8) is 0 Å². The molecule has 0 fully saturated rings. The number of hydrogen-bond acceptors (Lipinski definition) is 19. The summed E-state index contributed by atoms with van der Waals surface area (Å²) in [5.41, 5.74) is 0.0254. The molecule has 0 unspecified atom stereocenters. The summed E-state index contributed by atoms with van der Waals surface area (Å²) in [7, 11) is 0. The number of aryl methyl sites for hydroxylation is 2. The maximum absolute atomic E-state index is 14.2. The molecule has 0 aliphatic carbocycles. The van der Waals surface area contributed by atoms with Gasteiger partial charge in [0.2, 0.25) is 13.6 Å². The topological polar surface area (TPSA) is 286 Å². The number of ether oxygens (including phenoxy) is 11. The SMILES string of the molecule is C=CC(=O)OCOC(=O)CCCCCOC(=O)Nc1cc(NC(=O)OCC(F)(F)OC(F)(F)OC(F)(F)C(F)(F)OC(F)(F)COC(=O)Nc2ccc(C)c(NC(=O)OCCCCCC(=O)OCOC(=O)C=C)c2)ccc1C. The van der Waals surface area contributed by atoms with Crippen LogP contribution in [0.3, 0.4) is 0 Å². The lowest BCUT2D eigenvalue weighted by Crippen LogP contribution is -2.54. The molecule has 0 heterocycles. The minimum Gasteiger partial charge on any atom is -0.449 e. The number of anilines is 4. The van der Waals surface area contributed by atoms with Crippen LogP contribution < -0.4 is 21.3 Å². The van der Waals surface area contributed by atoms with Crippen molar-refractivity contribution < 1.29 is 134 Å². The van der Waals surface area contributed by atoms with E-state index < -0.39 is 106 Å². The van der Waals surface area contributed by atoms with Gasteiger partial charge in [-0.05, 0) is 87.8 Å². The third-order valence-electron chi connectivity index (χ3n) is 9.01. The van der Waals surface area contributed by atoms with E-state index in [-0.39, 0.29) is 61.6 Å². The number of carbonyl (C=O) groups excluding carboxylic acids is 8. The fourth-order valence-electron chi connectivity index (χ4n) is 5.27. The number of unbranched alkanes of at least 4 members (excludes halogenated alkanes) is 4. The highest BCUT2D eigenvalue weighted by Crippen LogP contribution is 2.44. The summed E-state index contributed by atoms with van der Waals surface area (Å²) in [6.45, 7) is 2.64. The minimum absolute atomic E-state index is 0.0262. The molecule has 0 aliphatic rings. The molecule has 4 amide bonds. The second-order valence-corrected chi connectivity index (χ2v) is 15.3. The van der Waals surface area contributed by atoms with Crippen LogP contribution >= 0.6 is 0 Å². The van der Waals surface area contributed by atoms with Crippen molar-refractivity contribution in [1.29, 1.82) is 0 Å². The third kappa shape index (κ3) is 26.7. The van der Waals surface area contributed by atoms with E-state index in [9.17, 15) is 82.3 Å². The van der Waals surface area contributed by atoms with Crippen LogP contribution in [0.4, 0.5) is 85.8 Å². The molecular weight excluding hydrogens is 1090 g/mol. The molecule has 0 aromatic heterocycles. The Labute approximate surface area is 435 Å². The van der Waals surface area contributed by atoms with Crippen LogP contribution in [0, 0.1) is 13.8 Å². The molecule has 23 nitrogen and oxygen atoms in total. The Morgan fingerprint density at radius 2 is 0.833 bits per heavy atom. The summed E-state index contributed by atoms with van der Waals surface area (Å²) in [4.78, 5) is 93.9. The Hall–Kier alpha value is -7.94. The molecule has 33 heteroatoms. The second-order valence-electron chi connectivity index (χ2n) is 15.3. The number of hydrogen-bond donors (Lipinski definition) is 4. The summed E-state index contributed by atoms with van der Waals surface area (Å²) in [6, 6.07) is 6.87. The minimum atomic E-state index is -6.92. The molecule has 78 heavy (non-hydrogen) atoms. The zero-order chi connectivity index (χ0) is 58.7. The standard InChI is InChI=1S/C45H50F10N4O19/c1-5-33(60)72-25-74-35(62)13-9-7-11-19-68-39(66)58-31-21-29(17-15-27(31)3)56-37(64)70-23-41(46,47)76-43(50,51)44(52,53)78-45(54,55)77-42(48,49)24-71-38(65)57-30-18-16-28(4)32(22-30)59-40(67)69-20-12-8-10-14-36(63)75-26-73-34(61)6-2/h5-6,15-18,21-22H,1-2,7-14,19-20,23-26H2,3-4H3,(H,56,64)(H,57,65)(H,58,66)(H,59,67). The number of halogens is 10. The molecule has 2 aromatic carbocycles. The zero-order valence-corrected chi connectivity index (χ0v) is 41.0. The van der Waals surface area contributed by atoms with E-state index in [4.69, 9.17) is 9.47 Å². The first kappa shape index (κ1) is 66.2. The van der Waals surface area contributed by atoms with Gasteiger partial charge >= 0.3 is 79.0 Å². The average molecular weight is 1140 g/mol. The Morgan fingerprint density at radius 1 is 0.462 bits per heavy atom. The molecule has 4 N–H and O–H groups in total. The van der Waals surface area contributed by atoms with Gasteiger partial charge in [0, 0.05) is 47.7 Å². The van der Waals surface area contributed by atoms with Crippen molar-refractivity contribution in [2.45, 2.75) is 95.9 Å². The molecule has 434 valence electrons. The van der Waals surface area contributed by atoms with E-state index in [0.29, 0.717) is 36.8 Å². The lowest BCUT2D eigenvalue weighted by molar-refractivity contribution is -0.566. The van der Waals surface area contributed by atoms with E-state index in [1.165, 1.54) is 26.0 Å². The van der Waals surface area contributed by atoms with Gasteiger partial charge in [0.15, 0.2) is 13.2 Å². The van der Waals surface area contributed by atoms with Gasteiger partial charge in [0.25, 0.3) is 0 Å². The van der Waals surface area contributed by atoms with Crippen molar-refractivity contribution in [3.05, 3.63) is 72.8 Å². The Kier molecular flexibility index (Phi) is 26.6. The molecule has 0 bridgehead atoms. The quantitative estimate of drug-likeness (QED) is 0.0129. The van der Waals surface area contributed by atoms with E-state index in [1.807, 2.05) is 10.6 Å². The Bertz CT molecular complexity index is 2420. The summed E-state index contributed by atoms with van der Waals surface area (Å²) < 4.78 is 186. The molecule has 0 spiro atoms. The highest BCUT2D eigenvalue weighted by Gasteiger charge is 2.69. The number of nitrogens with one attached hydrogen (secondary N) is 4. The highest BCUT2D eigenvalue weighted by molar-refractivity contribution is 5.91. The monoisotopic (exact) mass is 1140 g/mol. The normalized spacial score (nSPS) is 11.7. The molecule has 0 saturated heterocycles. The molecule has 2 aromatic rings. The smallest absolute Gasteiger partial charge is 0.449 e. The van der Waals surface area contributed by atoms with Crippen LogP contribution in [0.15, 0.2) is 61.7 Å². The van der Waals surface area contributed by atoms with Gasteiger partial charge in [0.05, 0.1) is 13.2 Å². The van der Waals surface area contributed by atoms with Crippen molar-refractivity contribution in [1.82, 2.24) is 0 Å². The Morgan fingerprint density at radius 3 is 1.23 bits per heavy atom. The summed E-state index contributed by atoms with van der Waals surface area (Å²) in [6.07, 6.45) is -33.5. The van der Waals surface area contributed by atoms with E-state index in [1.54, 1.807) is 0 Å². The maximum atomic E-state index is 14.2. The first-order valence-electron chi connectivity index (χ1n) is 22.2. The van der Waals surface area contributed by atoms with Crippen molar-refractivity contribution in [3.8, 4) is 0 Å². The summed E-state index contributed by atoms with van der Waals surface area (Å²) in [5.74, 6) is -2.91. The van der Waals surface area contributed by atoms with Crippen LogP contribution in [0.2, 0.25) is 0 Å². The van der Waals surface area contributed by atoms with Crippen molar-refractivity contribution in [2.75, 3.05) is 61.3 Å². The summed E-state index contributed by atoms with van der Waals surface area (Å²) >= 11 is 0. The molecular formula is C45H50F10N4O19. The van der Waals surface area contributed by atoms with Crippen molar-refractivity contribution >= 4 is 71.0 Å². The van der Waals surface area contributed by atoms with Crippen LogP contribution in [0.25, 0.3) is 0 Å². The maximum Gasteiger partial charge on any atom is 0.495 e. The predicted molar refractivity (Wildman–Crippen MR) is 242 cm³/mol. The number of alkyl halides is 10. The largest absolute Gasteiger partial charge is 0.495 e. The van der Waals surface area contributed by atoms with Gasteiger partial charge in [-0.3, -0.25) is 30.9 Å². The predicted octanol–water partition coefficient (Wildman–Crippen LogP) is 9.75. The lowest BCUT2D eigenvalue weighted by Gasteiger charge is -2.31. The number of amides is 4. The lowest BCUT2D eigenvalue weighted by atomic mass is 10.2. The first-order chi connectivity index (χ1) is 36.4. The second kappa shape index (κ2) is 31.3. The van der Waals surface area contributed by atoms with Gasteiger partial charge in [-0.1, -0.05) is 25.3 Å². The molecule has 0 saturated carbocycles. The Balaban J connectivity index is 1.81. The van der Waals surface area contributed by atoms with Gasteiger partial charge < -0.3 is 37.9 Å². The van der Waals surface area contributed by atoms with Crippen LogP contribution in [-0.2, 0) is 71.3 Å². The van der Waals surface area contributed by atoms with E-state index >= 15 is 0 Å². The number of esters is 4. The molecule has 0 radical (unpaired) electrons. The molecule has 0 aliphatic heterocycles. The number of benzene rings is 2. The van der Waals surface area contributed by atoms with E-state index in [0.717, 1.165) is 36.4 Å².